The molecule has 0 radical (unpaired) electrons. The molecule has 2 nitrogen and oxygen atoms in total. The lowest BCUT2D eigenvalue weighted by molar-refractivity contribution is -0.190. The summed E-state index contributed by atoms with van der Waals surface area (Å²) in [4.78, 5) is 6.40. The van der Waals surface area contributed by atoms with Gasteiger partial charge in [-0.25, -0.2) is 0 Å². The fraction of sp³-hybridized carbons (Fsp3) is 0.588. The zero-order valence-corrected chi connectivity index (χ0v) is 13.4. The topological polar surface area (TPSA) is 16.1 Å². The molecule has 120 valence electrons. The average Bonchev–Trinajstić information content (AvgIpc) is 2.43. The van der Waals surface area contributed by atoms with Crippen LogP contribution >= 0.6 is 0 Å². The van der Waals surface area contributed by atoms with Crippen molar-refractivity contribution in [2.75, 3.05) is 11.4 Å². The maximum atomic E-state index is 12.9. The highest BCUT2D eigenvalue weighted by Crippen LogP contribution is 2.37. The van der Waals surface area contributed by atoms with Gasteiger partial charge in [-0.05, 0) is 46.1 Å². The van der Waals surface area contributed by atoms with Gasteiger partial charge in [0.25, 0.3) is 0 Å². The Hall–Kier alpha value is -1.70. The zero-order valence-electron chi connectivity index (χ0n) is 13.4. The lowest BCUT2D eigenvalue weighted by atomic mass is 9.92. The summed E-state index contributed by atoms with van der Waals surface area (Å²) in [6.45, 7) is 7.34. The van der Waals surface area contributed by atoms with Crippen LogP contribution < -0.4 is 4.90 Å². The molecule has 5 heteroatoms. The molecule has 2 heterocycles. The smallest absolute Gasteiger partial charge is 0.368 e. The normalized spacial score (nSPS) is 15.4. The fourth-order valence-electron chi connectivity index (χ4n) is 2.47. The van der Waals surface area contributed by atoms with Crippen molar-refractivity contribution in [2.24, 2.45) is 5.41 Å². The van der Waals surface area contributed by atoms with Crippen molar-refractivity contribution in [3.63, 3.8) is 0 Å². The van der Waals surface area contributed by atoms with E-state index in [4.69, 9.17) is 0 Å². The van der Waals surface area contributed by atoms with Crippen molar-refractivity contribution in [1.29, 1.82) is 0 Å². The van der Waals surface area contributed by atoms with Crippen molar-refractivity contribution < 1.29 is 13.2 Å². The molecular formula is C17H21F3N2. The SMILES string of the molecule is CC(C)N1CCCc2c(C#CC(C)(C)C(F)(F)F)cncc21. The Morgan fingerprint density at radius 3 is 2.50 bits per heavy atom. The van der Waals surface area contributed by atoms with Crippen molar-refractivity contribution >= 4 is 5.69 Å². The second-order valence-electron chi connectivity index (χ2n) is 6.45. The molecule has 0 bridgehead atoms. The molecule has 1 aromatic heterocycles. The summed E-state index contributed by atoms with van der Waals surface area (Å²) in [6.07, 6.45) is 0.826. The first-order chi connectivity index (χ1) is 10.1. The van der Waals surface area contributed by atoms with Gasteiger partial charge in [-0.1, -0.05) is 11.8 Å². The molecule has 0 amide bonds. The number of pyridine rings is 1. The van der Waals surface area contributed by atoms with Gasteiger partial charge in [0.2, 0.25) is 0 Å². The minimum Gasteiger partial charge on any atom is -0.368 e. The molecule has 22 heavy (non-hydrogen) atoms. The molecule has 0 spiro atoms. The number of hydrogen-bond donors (Lipinski definition) is 0. The third-order valence-electron chi connectivity index (χ3n) is 4.01. The van der Waals surface area contributed by atoms with Crippen LogP contribution in [0.25, 0.3) is 0 Å². The van der Waals surface area contributed by atoms with Gasteiger partial charge in [0, 0.05) is 24.3 Å². The van der Waals surface area contributed by atoms with E-state index in [2.05, 4.69) is 35.6 Å². The zero-order chi connectivity index (χ0) is 16.5. The molecule has 0 unspecified atom stereocenters. The quantitative estimate of drug-likeness (QED) is 0.723. The van der Waals surface area contributed by atoms with Crippen LogP contribution in [0.1, 0.15) is 45.2 Å². The van der Waals surface area contributed by atoms with Crippen LogP contribution in [0.4, 0.5) is 18.9 Å². The maximum absolute atomic E-state index is 12.9. The van der Waals surface area contributed by atoms with Crippen LogP contribution in [0.3, 0.4) is 0 Å². The first-order valence-corrected chi connectivity index (χ1v) is 7.47. The van der Waals surface area contributed by atoms with Gasteiger partial charge in [-0.15, -0.1) is 0 Å². The Labute approximate surface area is 129 Å². The largest absolute Gasteiger partial charge is 0.404 e. The minimum absolute atomic E-state index is 0.329. The van der Waals surface area contributed by atoms with Gasteiger partial charge in [0.15, 0.2) is 0 Å². The molecule has 0 aromatic carbocycles. The van der Waals surface area contributed by atoms with Crippen LogP contribution in [0.2, 0.25) is 0 Å². The molecule has 0 fully saturated rings. The predicted molar refractivity (Wildman–Crippen MR) is 81.8 cm³/mol. The Bertz CT molecular complexity index is 607. The van der Waals surface area contributed by atoms with Gasteiger partial charge >= 0.3 is 6.18 Å². The van der Waals surface area contributed by atoms with Gasteiger partial charge < -0.3 is 4.90 Å². The second-order valence-corrected chi connectivity index (χ2v) is 6.45. The third kappa shape index (κ3) is 3.21. The summed E-state index contributed by atoms with van der Waals surface area (Å²) in [5.74, 6) is 5.10. The molecule has 0 saturated heterocycles. The third-order valence-corrected chi connectivity index (χ3v) is 4.01. The second kappa shape index (κ2) is 5.83. The van der Waals surface area contributed by atoms with Gasteiger partial charge in [0.05, 0.1) is 11.9 Å². The molecule has 0 atom stereocenters. The minimum atomic E-state index is -4.34. The lowest BCUT2D eigenvalue weighted by Crippen LogP contribution is -2.35. The van der Waals surface area contributed by atoms with Gasteiger partial charge in [-0.3, -0.25) is 4.98 Å². The maximum Gasteiger partial charge on any atom is 0.404 e. The van der Waals surface area contributed by atoms with E-state index in [0.717, 1.165) is 44.5 Å². The Balaban J connectivity index is 2.42. The van der Waals surface area contributed by atoms with Crippen molar-refractivity contribution in [1.82, 2.24) is 4.98 Å². The van der Waals surface area contributed by atoms with Crippen molar-refractivity contribution in [3.05, 3.63) is 23.5 Å². The van der Waals surface area contributed by atoms with Crippen LogP contribution in [-0.2, 0) is 6.42 Å². The van der Waals surface area contributed by atoms with Crippen molar-refractivity contribution in [3.8, 4) is 11.8 Å². The number of alkyl halides is 3. The number of hydrogen-bond acceptors (Lipinski definition) is 2. The number of anilines is 1. The number of nitrogens with zero attached hydrogens (tertiary/aromatic N) is 2. The Kier molecular flexibility index (Phi) is 4.42. The van der Waals surface area contributed by atoms with E-state index in [1.807, 2.05) is 0 Å². The van der Waals surface area contributed by atoms with E-state index >= 15 is 0 Å². The van der Waals surface area contributed by atoms with Crippen LogP contribution in [0, 0.1) is 17.3 Å². The monoisotopic (exact) mass is 310 g/mol. The molecule has 1 aliphatic heterocycles. The van der Waals surface area contributed by atoms with Gasteiger partial charge in [0.1, 0.15) is 5.41 Å². The number of aromatic nitrogens is 1. The Morgan fingerprint density at radius 1 is 1.23 bits per heavy atom. The fourth-order valence-corrected chi connectivity index (χ4v) is 2.47. The number of fused-ring (bicyclic) bond motifs is 1. The number of halogens is 3. The van der Waals surface area contributed by atoms with E-state index < -0.39 is 11.6 Å². The lowest BCUT2D eigenvalue weighted by Gasteiger charge is -2.34. The van der Waals surface area contributed by atoms with E-state index in [0.29, 0.717) is 11.6 Å². The summed E-state index contributed by atoms with van der Waals surface area (Å²) in [5, 5.41) is 0. The molecule has 0 aliphatic carbocycles. The molecule has 2 rings (SSSR count). The van der Waals surface area contributed by atoms with E-state index in [1.54, 1.807) is 12.4 Å². The van der Waals surface area contributed by atoms with E-state index in [9.17, 15) is 13.2 Å². The van der Waals surface area contributed by atoms with Crippen LogP contribution in [0.15, 0.2) is 12.4 Å². The highest BCUT2D eigenvalue weighted by molar-refractivity contribution is 5.61. The first kappa shape index (κ1) is 16.7. The molecular weight excluding hydrogens is 289 g/mol. The summed E-state index contributed by atoms with van der Waals surface area (Å²) >= 11 is 0. The first-order valence-electron chi connectivity index (χ1n) is 7.47. The standard InChI is InChI=1S/C17H21F3N2/c1-12(2)22-9-5-6-14-13(10-21-11-15(14)22)7-8-16(3,4)17(18,19)20/h10-12H,5-6,9H2,1-4H3. The summed E-state index contributed by atoms with van der Waals surface area (Å²) in [5.41, 5.74) is 0.598. The molecule has 0 N–H and O–H groups in total. The van der Waals surface area contributed by atoms with Crippen LogP contribution in [0.5, 0.6) is 0 Å². The summed E-state index contributed by atoms with van der Waals surface area (Å²) < 4.78 is 38.8. The number of rotatable bonds is 1. The Morgan fingerprint density at radius 2 is 1.91 bits per heavy atom. The molecule has 0 saturated carbocycles. The summed E-state index contributed by atoms with van der Waals surface area (Å²) in [6, 6.07) is 0.329. The highest BCUT2D eigenvalue weighted by Gasteiger charge is 2.46. The molecule has 1 aliphatic rings. The van der Waals surface area contributed by atoms with Crippen molar-refractivity contribution in [2.45, 2.75) is 52.8 Å². The predicted octanol–water partition coefficient (Wildman–Crippen LogP) is 4.18. The van der Waals surface area contributed by atoms with Gasteiger partial charge in [-0.2, -0.15) is 13.2 Å². The van der Waals surface area contributed by atoms with E-state index in [1.165, 1.54) is 0 Å². The van der Waals surface area contributed by atoms with Crippen LogP contribution in [-0.4, -0.2) is 23.7 Å². The van der Waals surface area contributed by atoms with E-state index in [-0.39, 0.29) is 0 Å². The highest BCUT2D eigenvalue weighted by atomic mass is 19.4. The average molecular weight is 310 g/mol. The summed E-state index contributed by atoms with van der Waals surface area (Å²) in [7, 11) is 0. The molecule has 1 aromatic rings.